The van der Waals surface area contributed by atoms with Gasteiger partial charge >= 0.3 is 0 Å². The molecule has 0 saturated heterocycles. The van der Waals surface area contributed by atoms with Crippen molar-refractivity contribution < 1.29 is 9.59 Å². The predicted octanol–water partition coefficient (Wildman–Crippen LogP) is 4.14. The summed E-state index contributed by atoms with van der Waals surface area (Å²) in [5.74, 6) is -0.568. The first-order valence-electron chi connectivity index (χ1n) is 6.40. The lowest BCUT2D eigenvalue weighted by Gasteiger charge is -2.28. The highest BCUT2D eigenvalue weighted by molar-refractivity contribution is 9.10. The number of fused-ring (bicyclic) bond motifs is 1. The maximum atomic E-state index is 12.6. The lowest BCUT2D eigenvalue weighted by atomic mass is 9.98. The lowest BCUT2D eigenvalue weighted by molar-refractivity contribution is -0.117. The number of nitrogens with zero attached hydrogens (tertiary/aromatic N) is 1. The van der Waals surface area contributed by atoms with Crippen LogP contribution < -0.4 is 4.90 Å². The molecule has 106 valence electrons. The summed E-state index contributed by atoms with van der Waals surface area (Å²) in [6.07, 6.45) is 0.208. The van der Waals surface area contributed by atoms with Gasteiger partial charge in [0, 0.05) is 15.1 Å². The summed E-state index contributed by atoms with van der Waals surface area (Å²) < 4.78 is 0.672. The molecule has 0 aromatic heterocycles. The second-order valence-corrected chi connectivity index (χ2v) is 6.18. The Hall–Kier alpha value is -1.65. The number of hydrogen-bond donors (Lipinski definition) is 0. The molecule has 0 aliphatic carbocycles. The number of amides is 2. The Kier molecular flexibility index (Phi) is 3.59. The zero-order chi connectivity index (χ0) is 15.1. The number of carbonyl (C=O) groups excluding carboxylic acids is 2. The molecule has 1 aliphatic rings. The van der Waals surface area contributed by atoms with E-state index in [0.29, 0.717) is 20.7 Å². The standard InChI is InChI=1S/C16H11BrClNO2/c1-9-6-12(17)14(8-13(9)18)19-15(20)7-10-4-2-3-5-11(10)16(19)21/h2-6,8H,7H2,1H3. The molecule has 0 N–H and O–H groups in total. The van der Waals surface area contributed by atoms with E-state index in [1.165, 1.54) is 4.90 Å². The van der Waals surface area contributed by atoms with Crippen LogP contribution in [0.4, 0.5) is 5.69 Å². The number of anilines is 1. The van der Waals surface area contributed by atoms with Crippen molar-refractivity contribution in [3.8, 4) is 0 Å². The monoisotopic (exact) mass is 363 g/mol. The van der Waals surface area contributed by atoms with E-state index in [0.717, 1.165) is 11.1 Å². The van der Waals surface area contributed by atoms with E-state index in [2.05, 4.69) is 15.9 Å². The second kappa shape index (κ2) is 5.28. The van der Waals surface area contributed by atoms with Gasteiger partial charge in [0.25, 0.3) is 5.91 Å². The minimum atomic E-state index is -0.317. The maximum absolute atomic E-state index is 12.6. The third-order valence-electron chi connectivity index (χ3n) is 3.51. The predicted molar refractivity (Wildman–Crippen MR) is 85.9 cm³/mol. The van der Waals surface area contributed by atoms with E-state index in [4.69, 9.17) is 11.6 Å². The Bertz CT molecular complexity index is 773. The number of hydrogen-bond acceptors (Lipinski definition) is 2. The van der Waals surface area contributed by atoms with Crippen molar-refractivity contribution in [2.75, 3.05) is 4.90 Å². The second-order valence-electron chi connectivity index (χ2n) is 4.92. The molecule has 2 amide bonds. The summed E-state index contributed by atoms with van der Waals surface area (Å²) in [5, 5.41) is 0.521. The number of carbonyl (C=O) groups is 2. The van der Waals surface area contributed by atoms with Gasteiger partial charge in [0.05, 0.1) is 12.1 Å². The molecule has 0 radical (unpaired) electrons. The molecule has 0 atom stereocenters. The third-order valence-corrected chi connectivity index (χ3v) is 4.55. The minimum Gasteiger partial charge on any atom is -0.274 e. The Morgan fingerprint density at radius 2 is 1.90 bits per heavy atom. The summed E-state index contributed by atoms with van der Waals surface area (Å²) >= 11 is 9.54. The fourth-order valence-corrected chi connectivity index (χ4v) is 3.20. The van der Waals surface area contributed by atoms with Crippen LogP contribution in [-0.2, 0) is 11.2 Å². The number of imide groups is 1. The summed E-state index contributed by atoms with van der Waals surface area (Å²) in [5.41, 5.74) is 2.68. The van der Waals surface area contributed by atoms with Crippen molar-refractivity contribution in [3.63, 3.8) is 0 Å². The maximum Gasteiger partial charge on any atom is 0.265 e. The van der Waals surface area contributed by atoms with E-state index < -0.39 is 0 Å². The van der Waals surface area contributed by atoms with E-state index in [1.807, 2.05) is 13.0 Å². The van der Waals surface area contributed by atoms with Gasteiger partial charge < -0.3 is 0 Å². The van der Waals surface area contributed by atoms with Crippen LogP contribution in [0.3, 0.4) is 0 Å². The van der Waals surface area contributed by atoms with E-state index in [1.54, 1.807) is 30.3 Å². The molecular weight excluding hydrogens is 354 g/mol. The molecule has 0 fully saturated rings. The van der Waals surface area contributed by atoms with Gasteiger partial charge in [-0.2, -0.15) is 0 Å². The molecule has 1 aliphatic heterocycles. The molecule has 3 nitrogen and oxygen atoms in total. The topological polar surface area (TPSA) is 37.4 Å². The normalized spacial score (nSPS) is 14.3. The Labute approximate surface area is 135 Å². The Balaban J connectivity index is 2.14. The summed E-state index contributed by atoms with van der Waals surface area (Å²) in [6, 6.07) is 10.6. The van der Waals surface area contributed by atoms with Crippen molar-refractivity contribution >= 4 is 45.0 Å². The highest BCUT2D eigenvalue weighted by Crippen LogP contribution is 2.35. The average Bonchev–Trinajstić information content (AvgIpc) is 2.44. The molecule has 1 heterocycles. The van der Waals surface area contributed by atoms with Gasteiger partial charge in [0.1, 0.15) is 0 Å². The molecule has 2 aromatic rings. The lowest BCUT2D eigenvalue weighted by Crippen LogP contribution is -2.42. The SMILES string of the molecule is Cc1cc(Br)c(N2C(=O)Cc3ccccc3C2=O)cc1Cl. The molecule has 0 bridgehead atoms. The van der Waals surface area contributed by atoms with Crippen LogP contribution >= 0.6 is 27.5 Å². The Morgan fingerprint density at radius 1 is 1.19 bits per heavy atom. The van der Waals surface area contributed by atoms with Crippen LogP contribution in [0, 0.1) is 6.92 Å². The minimum absolute atomic E-state index is 0.208. The molecule has 0 saturated carbocycles. The fraction of sp³-hybridized carbons (Fsp3) is 0.125. The summed E-state index contributed by atoms with van der Waals surface area (Å²) in [4.78, 5) is 26.2. The third kappa shape index (κ3) is 2.39. The smallest absolute Gasteiger partial charge is 0.265 e. The average molecular weight is 365 g/mol. The van der Waals surface area contributed by atoms with E-state index >= 15 is 0 Å². The van der Waals surface area contributed by atoms with Gasteiger partial charge in [0.15, 0.2) is 0 Å². The molecule has 2 aromatic carbocycles. The molecule has 0 spiro atoms. The molecule has 3 rings (SSSR count). The van der Waals surface area contributed by atoms with Crippen molar-refractivity contribution in [2.45, 2.75) is 13.3 Å². The molecule has 5 heteroatoms. The van der Waals surface area contributed by atoms with Crippen LogP contribution in [-0.4, -0.2) is 11.8 Å². The van der Waals surface area contributed by atoms with Gasteiger partial charge in [-0.05, 0) is 52.2 Å². The number of benzene rings is 2. The number of rotatable bonds is 1. The van der Waals surface area contributed by atoms with Gasteiger partial charge in [-0.1, -0.05) is 29.8 Å². The first-order valence-corrected chi connectivity index (χ1v) is 7.57. The first kappa shape index (κ1) is 14.3. The van der Waals surface area contributed by atoms with Gasteiger partial charge in [-0.25, -0.2) is 4.90 Å². The largest absolute Gasteiger partial charge is 0.274 e. The zero-order valence-electron chi connectivity index (χ0n) is 11.2. The van der Waals surface area contributed by atoms with Crippen LogP contribution in [0.2, 0.25) is 5.02 Å². The first-order chi connectivity index (χ1) is 9.99. The molecule has 21 heavy (non-hydrogen) atoms. The fourth-order valence-electron chi connectivity index (χ4n) is 2.41. The zero-order valence-corrected chi connectivity index (χ0v) is 13.5. The molecular formula is C16H11BrClNO2. The van der Waals surface area contributed by atoms with Crippen LogP contribution in [0.5, 0.6) is 0 Å². The van der Waals surface area contributed by atoms with Crippen LogP contribution in [0.25, 0.3) is 0 Å². The quantitative estimate of drug-likeness (QED) is 0.713. The van der Waals surface area contributed by atoms with Gasteiger partial charge in [-0.15, -0.1) is 0 Å². The Morgan fingerprint density at radius 3 is 2.67 bits per heavy atom. The number of halogens is 2. The summed E-state index contributed by atoms with van der Waals surface area (Å²) in [6.45, 7) is 1.87. The highest BCUT2D eigenvalue weighted by atomic mass is 79.9. The van der Waals surface area contributed by atoms with Crippen molar-refractivity contribution in [2.24, 2.45) is 0 Å². The van der Waals surface area contributed by atoms with Crippen molar-refractivity contribution in [3.05, 3.63) is 62.6 Å². The van der Waals surface area contributed by atoms with Crippen molar-refractivity contribution in [1.82, 2.24) is 0 Å². The summed E-state index contributed by atoms with van der Waals surface area (Å²) in [7, 11) is 0. The number of aryl methyl sites for hydroxylation is 1. The van der Waals surface area contributed by atoms with E-state index in [-0.39, 0.29) is 18.2 Å². The van der Waals surface area contributed by atoms with Crippen molar-refractivity contribution in [1.29, 1.82) is 0 Å². The van der Waals surface area contributed by atoms with E-state index in [9.17, 15) is 9.59 Å². The molecule has 0 unspecified atom stereocenters. The highest BCUT2D eigenvalue weighted by Gasteiger charge is 2.33. The van der Waals surface area contributed by atoms with Crippen LogP contribution in [0.1, 0.15) is 21.5 Å². The van der Waals surface area contributed by atoms with Gasteiger partial charge in [-0.3, -0.25) is 9.59 Å². The van der Waals surface area contributed by atoms with Gasteiger partial charge in [0.2, 0.25) is 5.91 Å². The van der Waals surface area contributed by atoms with Crippen LogP contribution in [0.15, 0.2) is 40.9 Å².